The van der Waals surface area contributed by atoms with Crippen molar-refractivity contribution >= 4 is 24.1 Å². The minimum atomic E-state index is -0.411. The van der Waals surface area contributed by atoms with Crippen LogP contribution in [0, 0.1) is 0 Å². The molecule has 2 aromatic rings. The van der Waals surface area contributed by atoms with Crippen LogP contribution < -0.4 is 0 Å². The maximum absolute atomic E-state index is 11.5. The lowest BCUT2D eigenvalue weighted by atomic mass is 10.2. The summed E-state index contributed by atoms with van der Waals surface area (Å²) >= 11 is 0. The molecule has 0 unspecified atom stereocenters. The van der Waals surface area contributed by atoms with Crippen molar-refractivity contribution < 1.29 is 27.9 Å². The van der Waals surface area contributed by atoms with Crippen LogP contribution in [0.5, 0.6) is 0 Å². The van der Waals surface area contributed by atoms with Gasteiger partial charge in [-0.05, 0) is 55.7 Å². The van der Waals surface area contributed by atoms with Gasteiger partial charge in [0.25, 0.3) is 0 Å². The predicted octanol–water partition coefficient (Wildman–Crippen LogP) is 3.86. The van der Waals surface area contributed by atoms with E-state index in [1.807, 2.05) is 0 Å². The third-order valence-electron chi connectivity index (χ3n) is 3.13. The average molecular weight is 344 g/mol. The van der Waals surface area contributed by atoms with E-state index in [1.54, 1.807) is 36.4 Å². The molecule has 0 aromatic carbocycles. The molecule has 0 N–H and O–H groups in total. The maximum Gasteiger partial charge on any atom is 0.330 e. The van der Waals surface area contributed by atoms with Gasteiger partial charge >= 0.3 is 11.9 Å². The molecule has 2 rings (SSSR count). The summed E-state index contributed by atoms with van der Waals surface area (Å²) < 4.78 is 20.2. The Kier molecular flexibility index (Phi) is 7.84. The summed E-state index contributed by atoms with van der Waals surface area (Å²) in [5.41, 5.74) is 0. The molecule has 0 aliphatic carbocycles. The molecule has 132 valence electrons. The quantitative estimate of drug-likeness (QED) is 0.370. The van der Waals surface area contributed by atoms with Gasteiger partial charge in [-0.1, -0.05) is 0 Å². The zero-order valence-corrected chi connectivity index (χ0v) is 13.8. The highest BCUT2D eigenvalue weighted by Gasteiger charge is 2.00. The second-order valence-electron chi connectivity index (χ2n) is 5.09. The largest absolute Gasteiger partial charge is 0.465 e. The summed E-state index contributed by atoms with van der Waals surface area (Å²) in [6.45, 7) is 0.654. The predicted molar refractivity (Wildman–Crippen MR) is 91.3 cm³/mol. The fourth-order valence-corrected chi connectivity index (χ4v) is 1.90. The van der Waals surface area contributed by atoms with Crippen LogP contribution in [-0.4, -0.2) is 25.2 Å². The molecule has 0 spiro atoms. The first-order valence-electron chi connectivity index (χ1n) is 8.01. The Labute approximate surface area is 145 Å². The van der Waals surface area contributed by atoms with Gasteiger partial charge in [0.05, 0.1) is 25.7 Å². The standard InChI is InChI=1S/C19H20O6/c20-18(10-8-16-6-4-14-22-16)24-12-2-1-3-13-25-19(21)11-9-17-7-5-15-23-17/h4-11,14-15H,1-3,12-13H2. The summed E-state index contributed by atoms with van der Waals surface area (Å²) in [6.07, 6.45) is 11.0. The van der Waals surface area contributed by atoms with E-state index >= 15 is 0 Å². The monoisotopic (exact) mass is 344 g/mol. The molecule has 6 heteroatoms. The molecule has 0 aliphatic rings. The highest BCUT2D eigenvalue weighted by molar-refractivity contribution is 5.87. The number of carbonyl (C=O) groups excluding carboxylic acids is 2. The van der Waals surface area contributed by atoms with Gasteiger partial charge in [-0.25, -0.2) is 9.59 Å². The Hall–Kier alpha value is -3.02. The average Bonchev–Trinajstić information content (AvgIpc) is 3.30. The third kappa shape index (κ3) is 7.87. The second kappa shape index (κ2) is 10.7. The SMILES string of the molecule is O=C(C=Cc1ccco1)OCCCCCOC(=O)C=Cc1ccco1. The molecule has 0 saturated carbocycles. The summed E-state index contributed by atoms with van der Waals surface area (Å²) in [5, 5.41) is 0. The first-order chi connectivity index (χ1) is 12.2. The maximum atomic E-state index is 11.5. The van der Waals surface area contributed by atoms with E-state index in [0.29, 0.717) is 37.6 Å². The smallest absolute Gasteiger partial charge is 0.330 e. The van der Waals surface area contributed by atoms with Crippen molar-refractivity contribution in [3.63, 3.8) is 0 Å². The van der Waals surface area contributed by atoms with Gasteiger partial charge in [-0.2, -0.15) is 0 Å². The van der Waals surface area contributed by atoms with Crippen molar-refractivity contribution in [3.05, 3.63) is 60.5 Å². The number of rotatable bonds is 10. The number of carbonyl (C=O) groups is 2. The zero-order chi connectivity index (χ0) is 17.7. The first-order valence-corrected chi connectivity index (χ1v) is 8.01. The summed E-state index contributed by atoms with van der Waals surface area (Å²) in [4.78, 5) is 22.9. The number of hydrogen-bond donors (Lipinski definition) is 0. The van der Waals surface area contributed by atoms with Crippen LogP contribution in [0.1, 0.15) is 30.8 Å². The van der Waals surface area contributed by atoms with Gasteiger partial charge in [-0.15, -0.1) is 0 Å². The topological polar surface area (TPSA) is 78.9 Å². The molecule has 0 atom stereocenters. The van der Waals surface area contributed by atoms with Crippen molar-refractivity contribution in [2.24, 2.45) is 0 Å². The number of furan rings is 2. The number of unbranched alkanes of at least 4 members (excludes halogenated alkanes) is 2. The normalized spacial score (nSPS) is 11.2. The van der Waals surface area contributed by atoms with E-state index in [0.717, 1.165) is 6.42 Å². The highest BCUT2D eigenvalue weighted by Crippen LogP contribution is 2.04. The third-order valence-corrected chi connectivity index (χ3v) is 3.13. The van der Waals surface area contributed by atoms with Crippen LogP contribution in [0.2, 0.25) is 0 Å². The molecule has 0 radical (unpaired) electrons. The molecule has 0 saturated heterocycles. The Morgan fingerprint density at radius 1 is 0.800 bits per heavy atom. The van der Waals surface area contributed by atoms with Gasteiger partial charge in [0.2, 0.25) is 0 Å². The minimum Gasteiger partial charge on any atom is -0.465 e. The van der Waals surface area contributed by atoms with Crippen molar-refractivity contribution in [3.8, 4) is 0 Å². The van der Waals surface area contributed by atoms with E-state index in [-0.39, 0.29) is 0 Å². The van der Waals surface area contributed by atoms with E-state index in [1.165, 1.54) is 24.7 Å². The van der Waals surface area contributed by atoms with Crippen molar-refractivity contribution in [2.45, 2.75) is 19.3 Å². The van der Waals surface area contributed by atoms with Gasteiger partial charge < -0.3 is 18.3 Å². The first kappa shape index (κ1) is 18.3. The summed E-state index contributed by atoms with van der Waals surface area (Å²) in [7, 11) is 0. The Morgan fingerprint density at radius 3 is 1.68 bits per heavy atom. The van der Waals surface area contributed by atoms with Gasteiger partial charge in [0.15, 0.2) is 0 Å². The van der Waals surface area contributed by atoms with Crippen LogP contribution >= 0.6 is 0 Å². The lowest BCUT2D eigenvalue weighted by molar-refractivity contribution is -0.138. The van der Waals surface area contributed by atoms with Crippen molar-refractivity contribution in [1.29, 1.82) is 0 Å². The van der Waals surface area contributed by atoms with E-state index in [2.05, 4.69) is 0 Å². The Balaban J connectivity index is 1.46. The molecule has 0 amide bonds. The fourth-order valence-electron chi connectivity index (χ4n) is 1.90. The molecule has 0 bridgehead atoms. The molecule has 6 nitrogen and oxygen atoms in total. The van der Waals surface area contributed by atoms with Crippen molar-refractivity contribution in [1.82, 2.24) is 0 Å². The highest BCUT2D eigenvalue weighted by atomic mass is 16.5. The number of ether oxygens (including phenoxy) is 2. The van der Waals surface area contributed by atoms with E-state index in [4.69, 9.17) is 18.3 Å². The number of hydrogen-bond acceptors (Lipinski definition) is 6. The Bertz CT molecular complexity index is 619. The second-order valence-corrected chi connectivity index (χ2v) is 5.09. The van der Waals surface area contributed by atoms with E-state index in [9.17, 15) is 9.59 Å². The molecule has 0 aliphatic heterocycles. The van der Waals surface area contributed by atoms with Crippen LogP contribution in [0.3, 0.4) is 0 Å². The lowest BCUT2D eigenvalue weighted by Crippen LogP contribution is -2.04. The van der Waals surface area contributed by atoms with Crippen molar-refractivity contribution in [2.75, 3.05) is 13.2 Å². The molecule has 2 aromatic heterocycles. The fraction of sp³-hybridized carbons (Fsp3) is 0.263. The summed E-state index contributed by atoms with van der Waals surface area (Å²) in [5.74, 6) is 0.372. The molecule has 0 fully saturated rings. The van der Waals surface area contributed by atoms with Crippen LogP contribution in [0.15, 0.2) is 57.8 Å². The number of esters is 2. The van der Waals surface area contributed by atoms with Gasteiger partial charge in [0, 0.05) is 12.2 Å². The molecular formula is C19H20O6. The lowest BCUT2D eigenvalue weighted by Gasteiger charge is -2.03. The zero-order valence-electron chi connectivity index (χ0n) is 13.8. The summed E-state index contributed by atoms with van der Waals surface area (Å²) in [6, 6.07) is 6.97. The molecular weight excluding hydrogens is 324 g/mol. The minimum absolute atomic E-state index is 0.327. The molecule has 25 heavy (non-hydrogen) atoms. The molecule has 2 heterocycles. The van der Waals surface area contributed by atoms with Crippen LogP contribution in [0.4, 0.5) is 0 Å². The van der Waals surface area contributed by atoms with Crippen LogP contribution in [0.25, 0.3) is 12.2 Å². The van der Waals surface area contributed by atoms with E-state index < -0.39 is 11.9 Å². The Morgan fingerprint density at radius 2 is 1.28 bits per heavy atom. The van der Waals surface area contributed by atoms with Gasteiger partial charge in [-0.3, -0.25) is 0 Å². The van der Waals surface area contributed by atoms with Gasteiger partial charge in [0.1, 0.15) is 11.5 Å². The van der Waals surface area contributed by atoms with Crippen LogP contribution in [-0.2, 0) is 19.1 Å².